The molecule has 0 aromatic carbocycles. The van der Waals surface area contributed by atoms with Gasteiger partial charge in [-0.1, -0.05) is 11.6 Å². The van der Waals surface area contributed by atoms with Gasteiger partial charge < -0.3 is 19.9 Å². The van der Waals surface area contributed by atoms with E-state index in [1.807, 2.05) is 0 Å². The number of ether oxygens (including phenoxy) is 2. The van der Waals surface area contributed by atoms with Crippen LogP contribution in [0.15, 0.2) is 6.20 Å². The van der Waals surface area contributed by atoms with Gasteiger partial charge in [-0.25, -0.2) is 9.78 Å². The summed E-state index contributed by atoms with van der Waals surface area (Å²) in [5, 5.41) is 11.8. The van der Waals surface area contributed by atoms with Crippen molar-refractivity contribution in [1.82, 2.24) is 9.97 Å². The molecule has 0 radical (unpaired) electrons. The monoisotopic (exact) mass is 261 g/mol. The average Bonchev–Trinajstić information content (AvgIpc) is 2.31. The molecule has 0 saturated carbocycles. The molecule has 1 aromatic heterocycles. The number of methoxy groups -OCH3 is 2. The summed E-state index contributed by atoms with van der Waals surface area (Å²) in [4.78, 5) is 18.6. The van der Waals surface area contributed by atoms with Crippen LogP contribution in [-0.2, 0) is 9.53 Å². The fourth-order valence-electron chi connectivity index (χ4n) is 1.06. The van der Waals surface area contributed by atoms with E-state index in [1.54, 1.807) is 0 Å². The van der Waals surface area contributed by atoms with Gasteiger partial charge >= 0.3 is 12.0 Å². The molecular weight excluding hydrogens is 250 g/mol. The van der Waals surface area contributed by atoms with Crippen molar-refractivity contribution in [3.05, 3.63) is 11.2 Å². The highest BCUT2D eigenvalue weighted by Crippen LogP contribution is 2.20. The van der Waals surface area contributed by atoms with Crippen molar-refractivity contribution < 1.29 is 19.4 Å². The first-order valence-electron chi connectivity index (χ1n) is 4.63. The highest BCUT2D eigenvalue weighted by molar-refractivity contribution is 6.32. The Balaban J connectivity index is 2.87. The standard InChI is InChI=1S/C9H12ClN3O4/c1-16-4-6(8(14)15)12-7-5(10)3-11-9(13-7)17-2/h3,6H,4H2,1-2H3,(H,14,15)(H,11,12,13). The Kier molecular flexibility index (Phi) is 4.92. The van der Waals surface area contributed by atoms with E-state index in [4.69, 9.17) is 26.2 Å². The largest absolute Gasteiger partial charge is 0.480 e. The van der Waals surface area contributed by atoms with Crippen molar-refractivity contribution in [3.63, 3.8) is 0 Å². The molecule has 0 aliphatic heterocycles. The van der Waals surface area contributed by atoms with Gasteiger partial charge in [-0.15, -0.1) is 0 Å². The van der Waals surface area contributed by atoms with Crippen LogP contribution in [0.25, 0.3) is 0 Å². The number of aromatic nitrogens is 2. The lowest BCUT2D eigenvalue weighted by atomic mass is 10.3. The Morgan fingerprint density at radius 2 is 2.35 bits per heavy atom. The Labute approximate surface area is 103 Å². The number of nitrogens with zero attached hydrogens (tertiary/aromatic N) is 2. The average molecular weight is 262 g/mol. The number of carboxylic acid groups (broad SMARTS) is 1. The number of anilines is 1. The van der Waals surface area contributed by atoms with Crippen LogP contribution < -0.4 is 10.1 Å². The van der Waals surface area contributed by atoms with E-state index in [2.05, 4.69) is 15.3 Å². The van der Waals surface area contributed by atoms with Gasteiger partial charge in [-0.3, -0.25) is 0 Å². The van der Waals surface area contributed by atoms with Crippen LogP contribution in [0.1, 0.15) is 0 Å². The molecule has 94 valence electrons. The molecule has 0 saturated heterocycles. The SMILES string of the molecule is COCC(Nc1nc(OC)ncc1Cl)C(=O)O. The molecule has 0 bridgehead atoms. The van der Waals surface area contributed by atoms with Crippen molar-refractivity contribution in [2.24, 2.45) is 0 Å². The molecule has 2 N–H and O–H groups in total. The van der Waals surface area contributed by atoms with E-state index >= 15 is 0 Å². The summed E-state index contributed by atoms with van der Waals surface area (Å²) >= 11 is 5.83. The normalized spacial score (nSPS) is 11.9. The second-order valence-corrected chi connectivity index (χ2v) is 3.45. The van der Waals surface area contributed by atoms with Crippen LogP contribution in [0.3, 0.4) is 0 Å². The molecule has 1 heterocycles. The molecule has 0 aliphatic rings. The number of halogens is 1. The third-order valence-corrected chi connectivity index (χ3v) is 2.12. The Morgan fingerprint density at radius 3 is 2.88 bits per heavy atom. The molecule has 1 unspecified atom stereocenters. The molecule has 1 aromatic rings. The lowest BCUT2D eigenvalue weighted by molar-refractivity contribution is -0.139. The topological polar surface area (TPSA) is 93.6 Å². The predicted octanol–water partition coefficient (Wildman–Crippen LogP) is 0.650. The first-order chi connectivity index (χ1) is 8.08. The Morgan fingerprint density at radius 1 is 1.65 bits per heavy atom. The summed E-state index contributed by atoms with van der Waals surface area (Å²) in [6.07, 6.45) is 1.32. The van der Waals surface area contributed by atoms with E-state index in [1.165, 1.54) is 20.4 Å². The fraction of sp³-hybridized carbons (Fsp3) is 0.444. The second-order valence-electron chi connectivity index (χ2n) is 3.04. The zero-order valence-corrected chi connectivity index (χ0v) is 10.1. The smallest absolute Gasteiger partial charge is 0.328 e. The first kappa shape index (κ1) is 13.5. The maximum Gasteiger partial charge on any atom is 0.328 e. The van der Waals surface area contributed by atoms with Gasteiger partial charge in [0.05, 0.1) is 19.9 Å². The molecule has 1 rings (SSSR count). The van der Waals surface area contributed by atoms with E-state index in [0.717, 1.165) is 0 Å². The maximum absolute atomic E-state index is 10.9. The van der Waals surface area contributed by atoms with Crippen LogP contribution >= 0.6 is 11.6 Å². The van der Waals surface area contributed by atoms with Gasteiger partial charge in [0.2, 0.25) is 0 Å². The van der Waals surface area contributed by atoms with Crippen LogP contribution in [0.5, 0.6) is 6.01 Å². The molecule has 0 spiro atoms. The maximum atomic E-state index is 10.9. The zero-order valence-electron chi connectivity index (χ0n) is 9.31. The molecule has 0 amide bonds. The third kappa shape index (κ3) is 3.72. The minimum Gasteiger partial charge on any atom is -0.480 e. The molecule has 17 heavy (non-hydrogen) atoms. The molecule has 8 heteroatoms. The van der Waals surface area contributed by atoms with Gasteiger partial charge in [-0.2, -0.15) is 4.98 Å². The molecule has 7 nitrogen and oxygen atoms in total. The van der Waals surface area contributed by atoms with Crippen LogP contribution in [0.4, 0.5) is 5.82 Å². The number of rotatable bonds is 6. The quantitative estimate of drug-likeness (QED) is 0.776. The molecule has 0 aliphatic carbocycles. The summed E-state index contributed by atoms with van der Waals surface area (Å²) < 4.78 is 9.59. The minimum atomic E-state index is -1.07. The van der Waals surface area contributed by atoms with Crippen molar-refractivity contribution in [2.75, 3.05) is 26.1 Å². The van der Waals surface area contributed by atoms with E-state index < -0.39 is 12.0 Å². The summed E-state index contributed by atoms with van der Waals surface area (Å²) in [6.45, 7) is -0.0159. The summed E-state index contributed by atoms with van der Waals surface area (Å²) in [6, 6.07) is -0.851. The van der Waals surface area contributed by atoms with Gasteiger partial charge in [0.25, 0.3) is 0 Å². The van der Waals surface area contributed by atoms with Crippen molar-refractivity contribution >= 4 is 23.4 Å². The van der Waals surface area contributed by atoms with Crippen LogP contribution in [0, 0.1) is 0 Å². The number of carbonyl (C=O) groups is 1. The summed E-state index contributed by atoms with van der Waals surface area (Å²) in [7, 11) is 2.80. The number of hydrogen-bond donors (Lipinski definition) is 2. The molecule has 1 atom stereocenters. The third-order valence-electron chi connectivity index (χ3n) is 1.85. The lowest BCUT2D eigenvalue weighted by Gasteiger charge is -2.14. The lowest BCUT2D eigenvalue weighted by Crippen LogP contribution is -2.34. The summed E-state index contributed by atoms with van der Waals surface area (Å²) in [5.41, 5.74) is 0. The first-order valence-corrected chi connectivity index (χ1v) is 5.01. The minimum absolute atomic E-state index is 0.0159. The molecule has 0 fully saturated rings. The van der Waals surface area contributed by atoms with Crippen molar-refractivity contribution in [1.29, 1.82) is 0 Å². The van der Waals surface area contributed by atoms with Gasteiger partial charge in [0.15, 0.2) is 5.82 Å². The van der Waals surface area contributed by atoms with Gasteiger partial charge in [0.1, 0.15) is 11.1 Å². The summed E-state index contributed by atoms with van der Waals surface area (Å²) in [5.74, 6) is -0.886. The van der Waals surface area contributed by atoms with Crippen LogP contribution in [0.2, 0.25) is 5.02 Å². The predicted molar refractivity (Wildman–Crippen MR) is 60.5 cm³/mol. The zero-order chi connectivity index (χ0) is 12.8. The number of aliphatic carboxylic acids is 1. The fourth-order valence-corrected chi connectivity index (χ4v) is 1.20. The van der Waals surface area contributed by atoms with Crippen molar-refractivity contribution in [3.8, 4) is 6.01 Å². The van der Waals surface area contributed by atoms with Crippen molar-refractivity contribution in [2.45, 2.75) is 6.04 Å². The molecular formula is C9H12ClN3O4. The Hall–Kier alpha value is -1.60. The van der Waals surface area contributed by atoms with Gasteiger partial charge in [0, 0.05) is 7.11 Å². The highest BCUT2D eigenvalue weighted by atomic mass is 35.5. The second kappa shape index (κ2) is 6.21. The van der Waals surface area contributed by atoms with E-state index in [0.29, 0.717) is 0 Å². The van der Waals surface area contributed by atoms with Crippen LogP contribution in [-0.4, -0.2) is 47.9 Å². The van der Waals surface area contributed by atoms with E-state index in [9.17, 15) is 4.79 Å². The number of nitrogens with one attached hydrogen (secondary N) is 1. The number of carboxylic acids is 1. The highest BCUT2D eigenvalue weighted by Gasteiger charge is 2.19. The van der Waals surface area contributed by atoms with E-state index in [-0.39, 0.29) is 23.5 Å². The van der Waals surface area contributed by atoms with Gasteiger partial charge in [-0.05, 0) is 0 Å². The number of hydrogen-bond acceptors (Lipinski definition) is 6. The Bertz CT molecular complexity index is 402.